The number of benzene rings is 1. The van der Waals surface area contributed by atoms with Crippen molar-refractivity contribution in [2.45, 2.75) is 38.1 Å². The largest absolute Gasteiger partial charge is 0.367 e. The highest BCUT2D eigenvalue weighted by molar-refractivity contribution is 6.36. The molecule has 3 heterocycles. The van der Waals surface area contributed by atoms with Gasteiger partial charge in [0.2, 0.25) is 11.9 Å². The van der Waals surface area contributed by atoms with Crippen LogP contribution in [0.15, 0.2) is 18.3 Å². The summed E-state index contributed by atoms with van der Waals surface area (Å²) in [6.07, 6.45) is 9.24. The van der Waals surface area contributed by atoms with E-state index in [1.807, 2.05) is 11.0 Å². The van der Waals surface area contributed by atoms with Crippen molar-refractivity contribution in [2.75, 3.05) is 41.7 Å². The van der Waals surface area contributed by atoms with Crippen molar-refractivity contribution in [3.05, 3.63) is 34.6 Å². The van der Waals surface area contributed by atoms with Gasteiger partial charge >= 0.3 is 0 Å². The average Bonchev–Trinajstić information content (AvgIpc) is 3.85. The lowest BCUT2D eigenvalue weighted by Gasteiger charge is -2.37. The summed E-state index contributed by atoms with van der Waals surface area (Å²) in [5, 5.41) is 27.3. The second-order valence-electron chi connectivity index (χ2n) is 9.95. The minimum atomic E-state index is 0.246. The first-order valence-corrected chi connectivity index (χ1v) is 13.1. The lowest BCUT2D eigenvalue weighted by atomic mass is 10.1. The fourth-order valence-electron chi connectivity index (χ4n) is 4.62. The van der Waals surface area contributed by atoms with Gasteiger partial charge in [-0.15, -0.1) is 5.10 Å². The molecule has 0 unspecified atom stereocenters. The molecule has 6 rings (SSSR count). The summed E-state index contributed by atoms with van der Waals surface area (Å²) in [6, 6.07) is 4.05. The summed E-state index contributed by atoms with van der Waals surface area (Å²) >= 11 is 6.90. The molecule has 37 heavy (non-hydrogen) atoms. The van der Waals surface area contributed by atoms with Gasteiger partial charge in [-0.05, 0) is 49.3 Å². The molecular weight excluding hydrogens is 492 g/mol. The van der Waals surface area contributed by atoms with Crippen molar-refractivity contribution in [3.8, 4) is 0 Å². The molecule has 1 amide bonds. The SMILES string of the molecule is N=Cc1cc(Nc2nc(NC3CC3)c3ncc(C=N)n3n2)c(Cl)c(N2CCN(C(=O)CC3CC3)CC2)c1. The van der Waals surface area contributed by atoms with E-state index in [-0.39, 0.29) is 5.91 Å². The van der Waals surface area contributed by atoms with Crippen molar-refractivity contribution in [1.82, 2.24) is 24.5 Å². The zero-order chi connectivity index (χ0) is 25.5. The molecule has 3 aliphatic rings. The van der Waals surface area contributed by atoms with Crippen molar-refractivity contribution < 1.29 is 4.79 Å². The quantitative estimate of drug-likeness (QED) is 0.316. The van der Waals surface area contributed by atoms with Crippen LogP contribution in [-0.2, 0) is 4.79 Å². The van der Waals surface area contributed by atoms with Crippen LogP contribution in [0, 0.1) is 16.7 Å². The molecule has 0 atom stereocenters. The molecule has 3 aromatic rings. The Morgan fingerprint density at radius 3 is 2.57 bits per heavy atom. The lowest BCUT2D eigenvalue weighted by molar-refractivity contribution is -0.131. The fraction of sp³-hybridized carbons (Fsp3) is 0.440. The average molecular weight is 521 g/mol. The Labute approximate surface area is 219 Å². The summed E-state index contributed by atoms with van der Waals surface area (Å²) in [5.41, 5.74) is 3.17. The van der Waals surface area contributed by atoms with Gasteiger partial charge in [0.15, 0.2) is 11.5 Å². The molecule has 2 aliphatic carbocycles. The van der Waals surface area contributed by atoms with E-state index in [0.29, 0.717) is 83.9 Å². The number of fused-ring (bicyclic) bond motifs is 1. The predicted molar refractivity (Wildman–Crippen MR) is 144 cm³/mol. The molecule has 0 bridgehead atoms. The van der Waals surface area contributed by atoms with Crippen LogP contribution < -0.4 is 15.5 Å². The number of nitrogens with zero attached hydrogens (tertiary/aromatic N) is 6. The number of nitrogens with one attached hydrogen (secondary N) is 4. The molecule has 4 N–H and O–H groups in total. The predicted octanol–water partition coefficient (Wildman–Crippen LogP) is 3.54. The summed E-state index contributed by atoms with van der Waals surface area (Å²) in [7, 11) is 0. The highest BCUT2D eigenvalue weighted by Crippen LogP contribution is 2.37. The fourth-order valence-corrected chi connectivity index (χ4v) is 4.89. The number of aromatic nitrogens is 4. The normalized spacial score (nSPS) is 17.6. The lowest BCUT2D eigenvalue weighted by Crippen LogP contribution is -2.49. The van der Waals surface area contributed by atoms with Crippen LogP contribution in [0.5, 0.6) is 0 Å². The highest BCUT2D eigenvalue weighted by Gasteiger charge is 2.29. The maximum atomic E-state index is 12.5. The van der Waals surface area contributed by atoms with Gasteiger partial charge in [0.05, 0.1) is 22.6 Å². The molecule has 0 spiro atoms. The Balaban J connectivity index is 1.27. The van der Waals surface area contributed by atoms with Gasteiger partial charge < -0.3 is 31.3 Å². The molecule has 1 aromatic carbocycles. The molecule has 1 aliphatic heterocycles. The smallest absolute Gasteiger partial charge is 0.247 e. The van der Waals surface area contributed by atoms with E-state index in [2.05, 4.69) is 30.6 Å². The number of carbonyl (C=O) groups is 1. The summed E-state index contributed by atoms with van der Waals surface area (Å²) < 4.78 is 1.58. The van der Waals surface area contributed by atoms with Crippen molar-refractivity contribution in [2.24, 2.45) is 5.92 Å². The van der Waals surface area contributed by atoms with Crippen LogP contribution in [0.25, 0.3) is 5.65 Å². The van der Waals surface area contributed by atoms with E-state index in [9.17, 15) is 4.79 Å². The van der Waals surface area contributed by atoms with Crippen LogP contribution in [0.1, 0.15) is 43.4 Å². The van der Waals surface area contributed by atoms with Crippen molar-refractivity contribution in [1.29, 1.82) is 10.8 Å². The van der Waals surface area contributed by atoms with Gasteiger partial charge in [0.25, 0.3) is 0 Å². The first kappa shape index (κ1) is 23.7. The maximum absolute atomic E-state index is 12.5. The second-order valence-corrected chi connectivity index (χ2v) is 10.3. The number of amides is 1. The van der Waals surface area contributed by atoms with E-state index in [0.717, 1.165) is 18.5 Å². The first-order valence-electron chi connectivity index (χ1n) is 12.7. The Kier molecular flexibility index (Phi) is 6.15. The molecule has 12 heteroatoms. The summed E-state index contributed by atoms with van der Waals surface area (Å²) in [6.45, 7) is 2.66. The van der Waals surface area contributed by atoms with E-state index in [4.69, 9.17) is 22.4 Å². The minimum absolute atomic E-state index is 0.246. The number of imidazole rings is 1. The minimum Gasteiger partial charge on any atom is -0.367 e. The number of halogens is 1. The molecule has 2 aromatic heterocycles. The van der Waals surface area contributed by atoms with Crippen molar-refractivity contribution >= 4 is 58.7 Å². The van der Waals surface area contributed by atoms with Crippen LogP contribution in [0.4, 0.5) is 23.1 Å². The van der Waals surface area contributed by atoms with E-state index < -0.39 is 0 Å². The monoisotopic (exact) mass is 520 g/mol. The third-order valence-electron chi connectivity index (χ3n) is 7.08. The number of hydrogen-bond donors (Lipinski definition) is 4. The van der Waals surface area contributed by atoms with Crippen LogP contribution in [0.2, 0.25) is 5.02 Å². The standard InChI is InChI=1S/C25H29ClN10O/c26-22-19(31-25-32-23(30-17-3-4-17)24-29-14-18(13-28)36(24)33-25)9-16(12-27)10-20(22)34-5-7-35(8-6-34)21(37)11-15-1-2-15/h9-10,12-15,17,27-28H,1-8,11H2,(H2,30,31,32,33). The Morgan fingerprint density at radius 2 is 1.89 bits per heavy atom. The second kappa shape index (κ2) is 9.62. The molecule has 0 radical (unpaired) electrons. The maximum Gasteiger partial charge on any atom is 0.247 e. The summed E-state index contributed by atoms with van der Waals surface area (Å²) in [5.74, 6) is 1.73. The molecular formula is C25H29ClN10O. The molecule has 1 saturated heterocycles. The van der Waals surface area contributed by atoms with Crippen molar-refractivity contribution in [3.63, 3.8) is 0 Å². The number of rotatable bonds is 9. The Bertz CT molecular complexity index is 1370. The van der Waals surface area contributed by atoms with Crippen LogP contribution >= 0.6 is 11.6 Å². The van der Waals surface area contributed by atoms with E-state index in [1.165, 1.54) is 25.3 Å². The molecule has 3 fully saturated rings. The van der Waals surface area contributed by atoms with Crippen LogP contribution in [0.3, 0.4) is 0 Å². The van der Waals surface area contributed by atoms with Gasteiger partial charge in [0.1, 0.15) is 5.69 Å². The number of anilines is 4. The Morgan fingerprint density at radius 1 is 1.11 bits per heavy atom. The number of carbonyl (C=O) groups excluding carboxylic acids is 1. The first-order chi connectivity index (χ1) is 18.0. The van der Waals surface area contributed by atoms with Gasteiger partial charge in [-0.25, -0.2) is 9.50 Å². The highest BCUT2D eigenvalue weighted by atomic mass is 35.5. The van der Waals surface area contributed by atoms with Gasteiger partial charge in [-0.2, -0.15) is 4.98 Å². The zero-order valence-corrected chi connectivity index (χ0v) is 21.1. The van der Waals surface area contributed by atoms with Gasteiger partial charge in [-0.3, -0.25) is 4.79 Å². The third kappa shape index (κ3) is 4.95. The summed E-state index contributed by atoms with van der Waals surface area (Å²) in [4.78, 5) is 25.7. The molecule has 192 valence electrons. The van der Waals surface area contributed by atoms with E-state index >= 15 is 0 Å². The Hall–Kier alpha value is -3.73. The third-order valence-corrected chi connectivity index (χ3v) is 7.47. The molecule has 2 saturated carbocycles. The van der Waals surface area contributed by atoms with Gasteiger partial charge in [-0.1, -0.05) is 11.6 Å². The topological polar surface area (TPSA) is 138 Å². The molecule has 11 nitrogen and oxygen atoms in total. The van der Waals surface area contributed by atoms with Gasteiger partial charge in [0, 0.05) is 51.1 Å². The zero-order valence-electron chi connectivity index (χ0n) is 20.4. The van der Waals surface area contributed by atoms with E-state index in [1.54, 1.807) is 16.8 Å². The number of piperazine rings is 1. The van der Waals surface area contributed by atoms with Crippen LogP contribution in [-0.4, -0.2) is 75.0 Å². The number of hydrogen-bond acceptors (Lipinski definition) is 9.